The standard InChI is InChI=1S/C20H19N3O4.C19H20N4O5.C15H16N4O3.C15H14N2O4.C4H6O3.C4H8O/c24-16(18-11-15(23-27-18)13-4-2-1-3-5-13)10-12-8-14(9-12)19-21-22-20(26-19)17-6-7-25-17;24-17(21-22-19(26)15-6-7-27-15)12-8-13(9-12)20-18(25)16-10-14(23-28-16)11-4-2-1-3-5-11;16-18-14(20)10-6-11(7-10)17-15(21)13-8-12(19-22-13)9-4-2-1-3-5-9;18-14(16-11-6-10(7-11)15(19)20)13-8-12(17-21-13)9-4-2-1-3-5-9;5-4(6)3-1-2-7-3;1-2-4-5-3-1/h1-5,11-12,14,17H,6-10H2;1-5,10,12-13,15H,6-9H2,(H,20,25)(H,21,24)(H,22,26);1-5,8,10-11H,6-7,16H2,(H,17,21)(H,18,20);1-5,8,10-11H,6-7H2,(H,16,18)(H,19,20);3H,1-2H2,(H,5,6);1-4H2. The van der Waals surface area contributed by atoms with Crippen LogP contribution in [0, 0.1) is 23.7 Å². The normalized spacial score (nSPS) is 22.7. The molecule has 6 amide bonds. The second kappa shape index (κ2) is 37.8. The topological polar surface area (TPSA) is 472 Å². The van der Waals surface area contributed by atoms with Crippen LogP contribution in [-0.4, -0.2) is 158 Å². The summed E-state index contributed by atoms with van der Waals surface area (Å²) < 4.78 is 46.2. The summed E-state index contributed by atoms with van der Waals surface area (Å²) in [5.41, 5.74) is 12.9. The lowest BCUT2D eigenvalue weighted by Gasteiger charge is -2.34. The van der Waals surface area contributed by atoms with Gasteiger partial charge in [0.1, 0.15) is 35.0 Å². The minimum absolute atomic E-state index is 0.0118. The molecule has 8 fully saturated rings. The van der Waals surface area contributed by atoms with E-state index in [4.69, 9.17) is 52.8 Å². The number of aromatic nitrogens is 6. The van der Waals surface area contributed by atoms with Crippen LogP contribution in [0.15, 0.2) is 168 Å². The van der Waals surface area contributed by atoms with Gasteiger partial charge in [0.15, 0.2) is 6.10 Å². The SMILES string of the molecule is C1CCOC1.NNC(=O)C1CC(NC(=O)c2cc(-c3ccccc3)no2)C1.O=C(CC1CC(c2nnc(C3CCO3)o2)C1)c1cc(-c2ccccc2)no1.O=C(NC1CC(C(=O)NNC(=O)C2CCO2)C1)c1cc(-c2ccccc2)no1.O=C(NC1CC(C(=O)O)C1)c1cc(-c2ccccc2)no1.O=C(O)C1CCO1. The first-order valence-corrected chi connectivity index (χ1v) is 36.3. The van der Waals surface area contributed by atoms with Gasteiger partial charge in [0.25, 0.3) is 23.6 Å². The van der Waals surface area contributed by atoms with Crippen LogP contribution in [0.2, 0.25) is 0 Å². The first-order valence-electron chi connectivity index (χ1n) is 36.3. The molecule has 0 spiro atoms. The van der Waals surface area contributed by atoms with E-state index in [-0.39, 0.29) is 106 Å². The van der Waals surface area contributed by atoms with Crippen molar-refractivity contribution in [3.05, 3.63) is 180 Å². The highest BCUT2D eigenvalue weighted by Crippen LogP contribution is 2.44. The van der Waals surface area contributed by atoms with Gasteiger partial charge in [-0.2, -0.15) is 0 Å². The van der Waals surface area contributed by atoms with Gasteiger partial charge < -0.3 is 67.6 Å². The summed E-state index contributed by atoms with van der Waals surface area (Å²) in [4.78, 5) is 104. The molecule has 3 unspecified atom stereocenters. The van der Waals surface area contributed by atoms with E-state index < -0.39 is 24.1 Å². The number of carbonyl (C=O) groups excluding carboxylic acids is 7. The molecule has 576 valence electrons. The fraction of sp³-hybridized carbons (Fsp3) is 0.390. The number of carbonyl (C=O) groups is 9. The van der Waals surface area contributed by atoms with Crippen LogP contribution in [0.25, 0.3) is 45.0 Å². The van der Waals surface area contributed by atoms with Crippen molar-refractivity contribution >= 4 is 53.2 Å². The Balaban J connectivity index is 0.000000130. The molecule has 9 aromatic rings. The first-order chi connectivity index (χ1) is 53.5. The van der Waals surface area contributed by atoms with Crippen molar-refractivity contribution < 1.29 is 94.8 Å². The lowest BCUT2D eigenvalue weighted by molar-refractivity contribution is -0.162. The number of hydrogen-bond donors (Lipinski definition) is 9. The minimum Gasteiger partial charge on any atom is -0.481 e. The van der Waals surface area contributed by atoms with Gasteiger partial charge >= 0.3 is 11.9 Å². The van der Waals surface area contributed by atoms with E-state index in [1.807, 2.05) is 121 Å². The number of ketones is 1. The Morgan fingerprint density at radius 1 is 0.418 bits per heavy atom. The van der Waals surface area contributed by atoms with Crippen molar-refractivity contribution in [1.29, 1.82) is 0 Å². The number of benzene rings is 4. The highest BCUT2D eigenvalue weighted by Gasteiger charge is 2.41. The molecule has 110 heavy (non-hydrogen) atoms. The lowest BCUT2D eigenvalue weighted by Crippen LogP contribution is -2.55. The Morgan fingerprint density at radius 2 is 0.791 bits per heavy atom. The maximum atomic E-state index is 12.5. The van der Waals surface area contributed by atoms with E-state index in [0.717, 1.165) is 61.3 Å². The molecule has 4 saturated heterocycles. The fourth-order valence-electron chi connectivity index (χ4n) is 12.4. The van der Waals surface area contributed by atoms with E-state index in [2.05, 4.69) is 67.8 Å². The minimum atomic E-state index is -0.841. The number of nitrogens with zero attached hydrogens (tertiary/aromatic N) is 6. The lowest BCUT2D eigenvalue weighted by atomic mass is 9.72. The molecular formula is C77H83N13O20. The van der Waals surface area contributed by atoms with Crippen molar-refractivity contribution in [3.8, 4) is 45.0 Å². The van der Waals surface area contributed by atoms with Crippen LogP contribution >= 0.6 is 0 Å². The van der Waals surface area contributed by atoms with Gasteiger partial charge in [0.2, 0.25) is 52.4 Å². The monoisotopic (exact) mass is 1510 g/mol. The molecule has 9 heterocycles. The molecule has 0 radical (unpaired) electrons. The van der Waals surface area contributed by atoms with Crippen LogP contribution in [0.1, 0.15) is 156 Å². The molecule has 17 rings (SSSR count). The number of aliphatic carboxylic acids is 2. The number of rotatable bonds is 20. The van der Waals surface area contributed by atoms with Crippen LogP contribution in [0.5, 0.6) is 0 Å². The number of hydrogen-bond acceptors (Lipinski definition) is 25. The second-order valence-electron chi connectivity index (χ2n) is 27.4. The number of hydrazine groups is 2. The van der Waals surface area contributed by atoms with Gasteiger partial charge in [-0.3, -0.25) is 54.6 Å². The Hall–Kier alpha value is -11.9. The molecule has 0 bridgehead atoms. The quantitative estimate of drug-likeness (QED) is 0.0150. The first kappa shape index (κ1) is 77.7. The van der Waals surface area contributed by atoms with Gasteiger partial charge in [-0.25, -0.2) is 10.6 Å². The van der Waals surface area contributed by atoms with Gasteiger partial charge in [0.05, 0.1) is 25.7 Å². The van der Waals surface area contributed by atoms with Gasteiger partial charge in [0, 0.05) is 121 Å². The molecule has 3 atom stereocenters. The summed E-state index contributed by atoms with van der Waals surface area (Å²) in [5.74, 6) is 3.29. The predicted octanol–water partition coefficient (Wildman–Crippen LogP) is 8.17. The van der Waals surface area contributed by atoms with E-state index >= 15 is 0 Å². The molecule has 10 N–H and O–H groups in total. The molecule has 5 aromatic heterocycles. The van der Waals surface area contributed by atoms with Gasteiger partial charge in [-0.1, -0.05) is 142 Å². The summed E-state index contributed by atoms with van der Waals surface area (Å²) in [7, 11) is 0. The van der Waals surface area contributed by atoms with Crippen LogP contribution in [0.3, 0.4) is 0 Å². The largest absolute Gasteiger partial charge is 0.481 e. The number of carboxylic acids is 2. The summed E-state index contributed by atoms with van der Waals surface area (Å²) in [5, 5.41) is 49.2. The third-order valence-electron chi connectivity index (χ3n) is 19.5. The fourth-order valence-corrected chi connectivity index (χ4v) is 12.4. The third kappa shape index (κ3) is 21.1. The summed E-state index contributed by atoms with van der Waals surface area (Å²) in [6.45, 7) is 3.93. The van der Waals surface area contributed by atoms with E-state index in [9.17, 15) is 43.2 Å². The van der Waals surface area contributed by atoms with Crippen molar-refractivity contribution in [3.63, 3.8) is 0 Å². The predicted molar refractivity (Wildman–Crippen MR) is 384 cm³/mol. The maximum Gasteiger partial charge on any atom is 0.332 e. The molecular weight excluding hydrogens is 1430 g/mol. The van der Waals surface area contributed by atoms with Crippen LogP contribution in [-0.2, 0) is 42.9 Å². The van der Waals surface area contributed by atoms with Crippen LogP contribution in [0.4, 0.5) is 0 Å². The molecule has 8 aliphatic rings. The van der Waals surface area contributed by atoms with Crippen molar-refractivity contribution in [2.75, 3.05) is 33.0 Å². The van der Waals surface area contributed by atoms with Gasteiger partial charge in [-0.15, -0.1) is 10.2 Å². The number of Topliss-reactive ketones (excluding diaryl/α,β-unsaturated/α-hetero) is 1. The Kier molecular flexibility index (Phi) is 26.7. The molecule has 4 aromatic carbocycles. The van der Waals surface area contributed by atoms with Gasteiger partial charge in [-0.05, 0) is 70.1 Å². The molecule has 33 heteroatoms. The van der Waals surface area contributed by atoms with E-state index in [1.165, 1.54) is 12.8 Å². The molecule has 33 nitrogen and oxygen atoms in total. The van der Waals surface area contributed by atoms with E-state index in [0.29, 0.717) is 117 Å². The summed E-state index contributed by atoms with van der Waals surface area (Å²) in [6.07, 6.45) is 9.08. The zero-order valence-corrected chi connectivity index (χ0v) is 59.6. The maximum absolute atomic E-state index is 12.5. The number of nitrogens with one attached hydrogen (secondary N) is 6. The van der Waals surface area contributed by atoms with Crippen molar-refractivity contribution in [2.45, 2.75) is 132 Å². The molecule has 4 aliphatic heterocycles. The second-order valence-corrected chi connectivity index (χ2v) is 27.4. The zero-order chi connectivity index (χ0) is 76.9. The molecule has 4 aliphatic carbocycles. The third-order valence-corrected chi connectivity index (χ3v) is 19.5. The number of amides is 6. The molecule has 4 saturated carbocycles. The zero-order valence-electron chi connectivity index (χ0n) is 59.6. The smallest absolute Gasteiger partial charge is 0.332 e. The average Bonchev–Trinajstić information content (AvgIpc) is 1.65. The average molecular weight is 1510 g/mol. The van der Waals surface area contributed by atoms with Crippen LogP contribution < -0.4 is 38.1 Å². The number of carboxylic acid groups (broad SMARTS) is 2. The summed E-state index contributed by atoms with van der Waals surface area (Å²) in [6, 6.07) is 44.2. The highest BCUT2D eigenvalue weighted by atomic mass is 16.5. The Labute approximate surface area is 628 Å². The van der Waals surface area contributed by atoms with Crippen molar-refractivity contribution in [2.24, 2.45) is 29.5 Å². The Bertz CT molecular complexity index is 4540. The highest BCUT2D eigenvalue weighted by molar-refractivity contribution is 5.96. The number of nitrogens with two attached hydrogens (primary N) is 1. The number of ether oxygens (including phenoxy) is 4. The Morgan fingerprint density at radius 3 is 1.14 bits per heavy atom. The summed E-state index contributed by atoms with van der Waals surface area (Å²) >= 11 is 0. The van der Waals surface area contributed by atoms with Crippen molar-refractivity contribution in [1.82, 2.24) is 63.1 Å². The van der Waals surface area contributed by atoms with E-state index in [1.54, 1.807) is 24.3 Å².